The standard InChI is InChI=1S/C19H20N2O3S.C3H6O2/c22-25(23,17-6-2-1-3-7-17)21-10-9-18-16(5-4-8-19(18)21)15-20-11-13-24-14-12-20;1-2-5-3-4/h1-10H,11-15H2;3H,2H2,1H3. The Morgan fingerprint density at radius 2 is 1.77 bits per heavy atom. The lowest BCUT2D eigenvalue weighted by molar-refractivity contribution is -0.128. The minimum absolute atomic E-state index is 0.297. The molecule has 1 saturated heterocycles. The summed E-state index contributed by atoms with van der Waals surface area (Å²) in [5.74, 6) is 0. The van der Waals surface area contributed by atoms with Crippen molar-refractivity contribution < 1.29 is 22.7 Å². The van der Waals surface area contributed by atoms with Crippen molar-refractivity contribution in [1.82, 2.24) is 8.87 Å². The molecule has 0 aliphatic carbocycles. The molecular formula is C22H26N2O5S. The minimum atomic E-state index is -3.59. The molecule has 2 aromatic carbocycles. The van der Waals surface area contributed by atoms with Gasteiger partial charge in [0.1, 0.15) is 0 Å². The Balaban J connectivity index is 0.000000461. The Kier molecular flexibility index (Phi) is 7.62. The van der Waals surface area contributed by atoms with Crippen LogP contribution in [0.25, 0.3) is 10.9 Å². The lowest BCUT2D eigenvalue weighted by Crippen LogP contribution is -2.35. The van der Waals surface area contributed by atoms with Gasteiger partial charge in [0.25, 0.3) is 16.5 Å². The number of benzene rings is 2. The summed E-state index contributed by atoms with van der Waals surface area (Å²) in [5, 5.41) is 0.980. The lowest BCUT2D eigenvalue weighted by atomic mass is 10.1. The number of nitrogens with zero attached hydrogens (tertiary/aromatic N) is 2. The smallest absolute Gasteiger partial charge is 0.293 e. The van der Waals surface area contributed by atoms with Gasteiger partial charge in [-0.15, -0.1) is 0 Å². The quantitative estimate of drug-likeness (QED) is 0.560. The molecule has 1 aliphatic rings. The van der Waals surface area contributed by atoms with Crippen LogP contribution in [0.2, 0.25) is 0 Å². The van der Waals surface area contributed by atoms with E-state index in [1.807, 2.05) is 24.3 Å². The molecule has 0 atom stereocenters. The van der Waals surface area contributed by atoms with Crippen LogP contribution in [0.5, 0.6) is 0 Å². The van der Waals surface area contributed by atoms with Crippen LogP contribution in [-0.4, -0.2) is 56.7 Å². The third-order valence-electron chi connectivity index (χ3n) is 4.82. The van der Waals surface area contributed by atoms with Gasteiger partial charge in [0, 0.05) is 31.2 Å². The monoisotopic (exact) mass is 430 g/mol. The number of morpholine rings is 1. The lowest BCUT2D eigenvalue weighted by Gasteiger charge is -2.26. The summed E-state index contributed by atoms with van der Waals surface area (Å²) < 4.78 is 36.8. The SMILES string of the molecule is CCOC=O.O=S(=O)(c1ccccc1)n1ccc2c(CN3CCOCC3)cccc21. The van der Waals surface area contributed by atoms with Crippen molar-refractivity contribution in [3.05, 3.63) is 66.4 Å². The maximum Gasteiger partial charge on any atom is 0.293 e. The molecule has 8 heteroatoms. The van der Waals surface area contributed by atoms with Crippen LogP contribution in [0.1, 0.15) is 12.5 Å². The van der Waals surface area contributed by atoms with Gasteiger partial charge in [-0.05, 0) is 36.8 Å². The number of fused-ring (bicyclic) bond motifs is 1. The molecule has 160 valence electrons. The number of carbonyl (C=O) groups excluding carboxylic acids is 1. The van der Waals surface area contributed by atoms with Crippen LogP contribution in [-0.2, 0) is 30.8 Å². The largest absolute Gasteiger partial charge is 0.468 e. The number of ether oxygens (including phenoxy) is 2. The van der Waals surface area contributed by atoms with Crippen molar-refractivity contribution in [3.63, 3.8) is 0 Å². The fraction of sp³-hybridized carbons (Fsp3) is 0.318. The average Bonchev–Trinajstić information content (AvgIpc) is 3.22. The van der Waals surface area contributed by atoms with Crippen LogP contribution in [0.3, 0.4) is 0 Å². The van der Waals surface area contributed by atoms with Gasteiger partial charge in [-0.1, -0.05) is 30.3 Å². The second-order valence-corrected chi connectivity index (χ2v) is 8.53. The predicted octanol–water partition coefficient (Wildman–Crippen LogP) is 2.89. The molecule has 30 heavy (non-hydrogen) atoms. The summed E-state index contributed by atoms with van der Waals surface area (Å²) in [5.41, 5.74) is 1.86. The van der Waals surface area contributed by atoms with Crippen LogP contribution >= 0.6 is 0 Å². The van der Waals surface area contributed by atoms with Crippen molar-refractivity contribution >= 4 is 27.4 Å². The molecule has 0 saturated carbocycles. The summed E-state index contributed by atoms with van der Waals surface area (Å²) in [7, 11) is -3.59. The van der Waals surface area contributed by atoms with Crippen molar-refractivity contribution in [2.75, 3.05) is 32.9 Å². The molecule has 0 spiro atoms. The van der Waals surface area contributed by atoms with Crippen molar-refractivity contribution in [2.24, 2.45) is 0 Å². The second kappa shape index (κ2) is 10.4. The summed E-state index contributed by atoms with van der Waals surface area (Å²) in [4.78, 5) is 11.8. The van der Waals surface area contributed by atoms with Gasteiger partial charge in [-0.25, -0.2) is 12.4 Å². The summed E-state index contributed by atoms with van der Waals surface area (Å²) >= 11 is 0. The van der Waals surface area contributed by atoms with Crippen molar-refractivity contribution in [3.8, 4) is 0 Å². The van der Waals surface area contributed by atoms with Crippen LogP contribution in [0, 0.1) is 0 Å². The van der Waals surface area contributed by atoms with E-state index >= 15 is 0 Å². The van der Waals surface area contributed by atoms with E-state index in [9.17, 15) is 13.2 Å². The second-order valence-electron chi connectivity index (χ2n) is 6.72. The zero-order valence-corrected chi connectivity index (χ0v) is 17.8. The summed E-state index contributed by atoms with van der Waals surface area (Å²) in [6, 6.07) is 16.3. The molecule has 3 aromatic rings. The maximum absolute atomic E-state index is 12.9. The van der Waals surface area contributed by atoms with Gasteiger partial charge in [0.05, 0.1) is 30.2 Å². The third-order valence-corrected chi connectivity index (χ3v) is 6.52. The topological polar surface area (TPSA) is 77.8 Å². The Labute approximate surface area is 176 Å². The molecule has 1 fully saturated rings. The van der Waals surface area contributed by atoms with Gasteiger partial charge >= 0.3 is 0 Å². The molecule has 1 aromatic heterocycles. The third kappa shape index (κ3) is 5.08. The van der Waals surface area contributed by atoms with Crippen molar-refractivity contribution in [2.45, 2.75) is 18.4 Å². The number of carbonyl (C=O) groups is 1. The van der Waals surface area contributed by atoms with E-state index in [1.165, 1.54) is 3.97 Å². The van der Waals surface area contributed by atoms with Gasteiger partial charge < -0.3 is 9.47 Å². The molecule has 2 heterocycles. The van der Waals surface area contributed by atoms with Gasteiger partial charge in [0.15, 0.2) is 0 Å². The molecule has 0 amide bonds. The van der Waals surface area contributed by atoms with E-state index in [0.29, 0.717) is 18.0 Å². The number of hydrogen-bond donors (Lipinski definition) is 0. The first-order chi connectivity index (χ1) is 14.6. The highest BCUT2D eigenvalue weighted by molar-refractivity contribution is 7.90. The molecule has 7 nitrogen and oxygen atoms in total. The number of aromatic nitrogens is 1. The molecule has 0 radical (unpaired) electrons. The fourth-order valence-corrected chi connectivity index (χ4v) is 4.70. The van der Waals surface area contributed by atoms with Gasteiger partial charge in [-0.3, -0.25) is 9.69 Å². The zero-order valence-electron chi connectivity index (χ0n) is 16.9. The van der Waals surface area contributed by atoms with E-state index < -0.39 is 10.0 Å². The first-order valence-corrected chi connectivity index (χ1v) is 11.3. The average molecular weight is 431 g/mol. The highest BCUT2D eigenvalue weighted by Gasteiger charge is 2.20. The molecule has 0 N–H and O–H groups in total. The van der Waals surface area contributed by atoms with E-state index in [4.69, 9.17) is 4.74 Å². The first-order valence-electron chi connectivity index (χ1n) is 9.83. The van der Waals surface area contributed by atoms with E-state index in [0.717, 1.165) is 49.3 Å². The maximum atomic E-state index is 12.9. The molecule has 1 aliphatic heterocycles. The highest BCUT2D eigenvalue weighted by atomic mass is 32.2. The fourth-order valence-electron chi connectivity index (χ4n) is 3.33. The highest BCUT2D eigenvalue weighted by Crippen LogP contribution is 2.25. The Morgan fingerprint density at radius 3 is 2.40 bits per heavy atom. The zero-order chi connectivity index (χ0) is 21.4. The number of rotatable bonds is 6. The minimum Gasteiger partial charge on any atom is -0.468 e. The van der Waals surface area contributed by atoms with Crippen molar-refractivity contribution in [1.29, 1.82) is 0 Å². The van der Waals surface area contributed by atoms with Crippen LogP contribution in [0.4, 0.5) is 0 Å². The predicted molar refractivity (Wildman–Crippen MR) is 115 cm³/mol. The van der Waals surface area contributed by atoms with Crippen LogP contribution in [0.15, 0.2) is 65.7 Å². The Bertz CT molecular complexity index is 1060. The molecular weight excluding hydrogens is 404 g/mol. The summed E-state index contributed by atoms with van der Waals surface area (Å²) in [6.07, 6.45) is 1.65. The molecule has 4 rings (SSSR count). The van der Waals surface area contributed by atoms with E-state index in [2.05, 4.69) is 15.7 Å². The van der Waals surface area contributed by atoms with Crippen LogP contribution < -0.4 is 0 Å². The van der Waals surface area contributed by atoms with E-state index in [1.54, 1.807) is 37.4 Å². The first kappa shape index (κ1) is 22.0. The Morgan fingerprint density at radius 1 is 1.03 bits per heavy atom. The Hall–Kier alpha value is -2.68. The molecule has 0 unspecified atom stereocenters. The van der Waals surface area contributed by atoms with Gasteiger partial charge in [-0.2, -0.15) is 0 Å². The van der Waals surface area contributed by atoms with E-state index in [-0.39, 0.29) is 0 Å². The normalized spacial score (nSPS) is 14.7. The molecule has 0 bridgehead atoms. The number of hydrogen-bond acceptors (Lipinski definition) is 6. The summed E-state index contributed by atoms with van der Waals surface area (Å²) in [6.45, 7) is 6.77. The van der Waals surface area contributed by atoms with Gasteiger partial charge in [0.2, 0.25) is 0 Å².